The topological polar surface area (TPSA) is 54.4 Å². The summed E-state index contributed by atoms with van der Waals surface area (Å²) in [5.41, 5.74) is 0.462. The Morgan fingerprint density at radius 3 is 2.69 bits per heavy atom. The first kappa shape index (κ1) is 13.2. The van der Waals surface area contributed by atoms with Gasteiger partial charge in [-0.05, 0) is 10.8 Å². The van der Waals surface area contributed by atoms with Gasteiger partial charge >= 0.3 is 0 Å². The van der Waals surface area contributed by atoms with E-state index in [1.165, 1.54) is 6.08 Å². The zero-order chi connectivity index (χ0) is 12.2. The molecule has 0 saturated carbocycles. The lowest BCUT2D eigenvalue weighted by atomic mass is 10.2. The highest BCUT2D eigenvalue weighted by Gasteiger charge is 2.18. The third kappa shape index (κ3) is 3.04. The summed E-state index contributed by atoms with van der Waals surface area (Å²) < 4.78 is 31.8. The summed E-state index contributed by atoms with van der Waals surface area (Å²) in [5.74, 6) is 0. The third-order valence-electron chi connectivity index (χ3n) is 2.09. The molecule has 5 heteroatoms. The second-order valence-corrected chi connectivity index (χ2v) is 6.08. The molecule has 0 bridgehead atoms. The minimum absolute atomic E-state index is 0.0109. The fourth-order valence-corrected chi connectivity index (χ4v) is 3.84. The summed E-state index contributed by atoms with van der Waals surface area (Å²) in [5, 5.41) is 0.682. The van der Waals surface area contributed by atoms with Crippen LogP contribution in [0.25, 0.3) is 6.08 Å². The fourth-order valence-electron chi connectivity index (χ4n) is 1.40. The van der Waals surface area contributed by atoms with E-state index in [-0.39, 0.29) is 4.90 Å². The number of hydrogen-bond acceptors (Lipinski definition) is 2. The molecule has 0 aliphatic rings. The highest BCUT2D eigenvalue weighted by Crippen LogP contribution is 2.14. The zero-order valence-corrected chi connectivity index (χ0v) is 10.9. The van der Waals surface area contributed by atoms with Crippen molar-refractivity contribution in [1.29, 1.82) is 0 Å². The van der Waals surface area contributed by atoms with E-state index in [1.807, 2.05) is 6.92 Å². The zero-order valence-electron chi connectivity index (χ0n) is 9.10. The van der Waals surface area contributed by atoms with E-state index in [2.05, 4.69) is 6.58 Å². The number of hydrogen-bond donors (Lipinski definition) is 1. The molecular weight excluding hydrogens is 240 g/mol. The molecular formula is C11H14O3SSi. The molecule has 3 nitrogen and oxygen atoms in total. The van der Waals surface area contributed by atoms with E-state index < -0.39 is 10.1 Å². The van der Waals surface area contributed by atoms with Gasteiger partial charge < -0.3 is 0 Å². The van der Waals surface area contributed by atoms with Crippen molar-refractivity contribution in [3.8, 4) is 0 Å². The Kier molecular flexibility index (Phi) is 4.46. The Labute approximate surface area is 98.8 Å². The molecule has 0 saturated heterocycles. The molecule has 1 rings (SSSR count). The number of benzene rings is 1. The van der Waals surface area contributed by atoms with Crippen molar-refractivity contribution in [3.63, 3.8) is 0 Å². The van der Waals surface area contributed by atoms with E-state index in [4.69, 9.17) is 0 Å². The third-order valence-corrected chi connectivity index (χ3v) is 4.79. The molecule has 0 amide bonds. The lowest BCUT2D eigenvalue weighted by Gasteiger charge is -2.09. The maximum absolute atomic E-state index is 11.3. The van der Waals surface area contributed by atoms with Gasteiger partial charge in [0.05, 0.1) is 14.4 Å². The van der Waals surface area contributed by atoms with Crippen LogP contribution in [-0.2, 0) is 10.1 Å². The highest BCUT2D eigenvalue weighted by atomic mass is 32.2. The van der Waals surface area contributed by atoms with E-state index in [1.54, 1.807) is 18.2 Å². The van der Waals surface area contributed by atoms with Gasteiger partial charge in [0, 0.05) is 0 Å². The monoisotopic (exact) mass is 254 g/mol. The van der Waals surface area contributed by atoms with Crippen molar-refractivity contribution in [3.05, 3.63) is 30.3 Å². The maximum Gasteiger partial charge on any atom is 0.294 e. The Hall–Kier alpha value is -0.913. The summed E-state index contributed by atoms with van der Waals surface area (Å²) in [6.07, 6.45) is 2.44. The van der Waals surface area contributed by atoms with E-state index in [9.17, 15) is 13.0 Å². The van der Waals surface area contributed by atoms with Crippen LogP contribution in [0.1, 0.15) is 18.9 Å². The Morgan fingerprint density at radius 1 is 1.50 bits per heavy atom. The molecule has 0 spiro atoms. The molecule has 0 unspecified atom stereocenters. The van der Waals surface area contributed by atoms with Gasteiger partial charge in [0.1, 0.15) is 0 Å². The van der Waals surface area contributed by atoms with Crippen LogP contribution in [0.3, 0.4) is 0 Å². The van der Waals surface area contributed by atoms with Crippen molar-refractivity contribution in [2.75, 3.05) is 0 Å². The van der Waals surface area contributed by atoms with Crippen molar-refractivity contribution in [2.24, 2.45) is 0 Å². The normalized spacial score (nSPS) is 11.4. The van der Waals surface area contributed by atoms with Crippen LogP contribution in [-0.4, -0.2) is 22.5 Å². The largest absolute Gasteiger partial charge is 0.294 e. The molecule has 0 aromatic heterocycles. The lowest BCUT2D eigenvalue weighted by molar-refractivity contribution is 0.483. The van der Waals surface area contributed by atoms with Crippen molar-refractivity contribution < 1.29 is 13.0 Å². The van der Waals surface area contributed by atoms with Crippen LogP contribution >= 0.6 is 0 Å². The predicted molar refractivity (Wildman–Crippen MR) is 66.8 cm³/mol. The van der Waals surface area contributed by atoms with Gasteiger partial charge in [-0.2, -0.15) is 8.42 Å². The maximum atomic E-state index is 11.3. The van der Waals surface area contributed by atoms with Gasteiger partial charge in [-0.3, -0.25) is 4.55 Å². The van der Waals surface area contributed by atoms with Crippen LogP contribution < -0.4 is 5.19 Å². The molecule has 1 aromatic carbocycles. The summed E-state index contributed by atoms with van der Waals surface area (Å²) in [6, 6.07) is 6.08. The van der Waals surface area contributed by atoms with Crippen molar-refractivity contribution >= 4 is 30.9 Å². The van der Waals surface area contributed by atoms with Crippen molar-refractivity contribution in [2.45, 2.75) is 24.3 Å². The van der Waals surface area contributed by atoms with Gasteiger partial charge in [0.25, 0.3) is 10.1 Å². The molecule has 16 heavy (non-hydrogen) atoms. The smallest absolute Gasteiger partial charge is 0.282 e. The molecule has 0 heterocycles. The average molecular weight is 254 g/mol. The molecule has 0 fully saturated rings. The van der Waals surface area contributed by atoms with Gasteiger partial charge in [-0.25, -0.2) is 0 Å². The van der Waals surface area contributed by atoms with Gasteiger partial charge in [-0.15, -0.1) is 0 Å². The molecule has 0 atom stereocenters. The first-order valence-electron chi connectivity index (χ1n) is 4.97. The van der Waals surface area contributed by atoms with Gasteiger partial charge in [0.2, 0.25) is 0 Å². The molecule has 1 aromatic rings. The van der Waals surface area contributed by atoms with E-state index in [0.717, 1.165) is 12.5 Å². The van der Waals surface area contributed by atoms with Crippen LogP contribution in [0.15, 0.2) is 29.7 Å². The lowest BCUT2D eigenvalue weighted by Crippen LogP contribution is -2.23. The van der Waals surface area contributed by atoms with Crippen LogP contribution in [0.4, 0.5) is 0 Å². The van der Waals surface area contributed by atoms with Crippen LogP contribution in [0.2, 0.25) is 6.04 Å². The van der Waals surface area contributed by atoms with Crippen LogP contribution in [0, 0.1) is 0 Å². The highest BCUT2D eigenvalue weighted by molar-refractivity contribution is 7.86. The summed E-state index contributed by atoms with van der Waals surface area (Å²) in [4.78, 5) is 0.0109. The standard InChI is InChI=1S/C11H14O3SSi/c1-3-8-16-10-7-5-6-9(4-2)11(10)15(12,13)14/h4-7H,2-3,8H2,1H3,(H,12,13,14). The summed E-state index contributed by atoms with van der Waals surface area (Å²) in [6.45, 7) is 5.59. The summed E-state index contributed by atoms with van der Waals surface area (Å²) in [7, 11) is -3.78. The molecule has 1 N–H and O–H groups in total. The number of rotatable bonds is 5. The van der Waals surface area contributed by atoms with E-state index in [0.29, 0.717) is 20.3 Å². The first-order chi connectivity index (χ1) is 7.50. The molecule has 0 aliphatic carbocycles. The molecule has 2 radical (unpaired) electrons. The van der Waals surface area contributed by atoms with Crippen molar-refractivity contribution in [1.82, 2.24) is 0 Å². The molecule has 86 valence electrons. The first-order valence-corrected chi connectivity index (χ1v) is 7.62. The second-order valence-electron chi connectivity index (χ2n) is 3.33. The summed E-state index contributed by atoms with van der Waals surface area (Å²) >= 11 is 0. The second kappa shape index (κ2) is 5.43. The average Bonchev–Trinajstić information content (AvgIpc) is 2.24. The minimum Gasteiger partial charge on any atom is -0.282 e. The SMILES string of the molecule is C=Cc1cccc([Si]CCC)c1S(=O)(=O)O. The fraction of sp³-hybridized carbons (Fsp3) is 0.273. The minimum atomic E-state index is -4.17. The van der Waals surface area contributed by atoms with Crippen LogP contribution in [0.5, 0.6) is 0 Å². The quantitative estimate of drug-likeness (QED) is 0.643. The predicted octanol–water partition coefficient (Wildman–Crippen LogP) is 1.73. The molecule has 0 aliphatic heterocycles. The van der Waals surface area contributed by atoms with Gasteiger partial charge in [-0.1, -0.05) is 50.2 Å². The Morgan fingerprint density at radius 2 is 2.19 bits per heavy atom. The van der Waals surface area contributed by atoms with Gasteiger partial charge in [0.15, 0.2) is 0 Å². The Balaban J connectivity index is 3.32. The van der Waals surface area contributed by atoms with E-state index >= 15 is 0 Å². The Bertz CT molecular complexity index is 480.